The SMILES string of the molecule is CCCOc1ccccc1OC1CCCCC1CN. The molecule has 0 aromatic heterocycles. The summed E-state index contributed by atoms with van der Waals surface area (Å²) in [5.74, 6) is 2.19. The molecule has 0 amide bonds. The van der Waals surface area contributed by atoms with Gasteiger partial charge in [-0.25, -0.2) is 0 Å². The number of benzene rings is 1. The van der Waals surface area contributed by atoms with Crippen molar-refractivity contribution in [3.8, 4) is 11.5 Å². The lowest BCUT2D eigenvalue weighted by Gasteiger charge is -2.31. The van der Waals surface area contributed by atoms with Crippen LogP contribution in [0.2, 0.25) is 0 Å². The Bertz CT molecular complexity index is 381. The molecule has 0 saturated heterocycles. The second-order valence-corrected chi connectivity index (χ2v) is 5.23. The fourth-order valence-electron chi connectivity index (χ4n) is 2.64. The van der Waals surface area contributed by atoms with E-state index >= 15 is 0 Å². The smallest absolute Gasteiger partial charge is 0.161 e. The first-order valence-corrected chi connectivity index (χ1v) is 7.43. The topological polar surface area (TPSA) is 44.5 Å². The summed E-state index contributed by atoms with van der Waals surface area (Å²) in [6, 6.07) is 7.95. The maximum absolute atomic E-state index is 6.18. The minimum atomic E-state index is 0.241. The first kappa shape index (κ1) is 14.2. The van der Waals surface area contributed by atoms with Gasteiger partial charge in [0, 0.05) is 5.92 Å². The van der Waals surface area contributed by atoms with E-state index in [0.717, 1.165) is 30.9 Å². The van der Waals surface area contributed by atoms with E-state index in [0.29, 0.717) is 12.5 Å². The second-order valence-electron chi connectivity index (χ2n) is 5.23. The van der Waals surface area contributed by atoms with E-state index in [1.807, 2.05) is 24.3 Å². The average Bonchev–Trinajstić information content (AvgIpc) is 2.47. The van der Waals surface area contributed by atoms with Crippen molar-refractivity contribution in [1.29, 1.82) is 0 Å². The van der Waals surface area contributed by atoms with Gasteiger partial charge in [0.2, 0.25) is 0 Å². The van der Waals surface area contributed by atoms with E-state index in [9.17, 15) is 0 Å². The predicted molar refractivity (Wildman–Crippen MR) is 77.7 cm³/mol. The van der Waals surface area contributed by atoms with Crippen molar-refractivity contribution in [3.63, 3.8) is 0 Å². The summed E-state index contributed by atoms with van der Waals surface area (Å²) in [7, 11) is 0. The summed E-state index contributed by atoms with van der Waals surface area (Å²) in [6.07, 6.45) is 6.03. The van der Waals surface area contributed by atoms with Gasteiger partial charge in [-0.05, 0) is 44.4 Å². The summed E-state index contributed by atoms with van der Waals surface area (Å²) >= 11 is 0. The number of hydrogen-bond acceptors (Lipinski definition) is 3. The molecule has 1 fully saturated rings. The number of hydrogen-bond donors (Lipinski definition) is 1. The van der Waals surface area contributed by atoms with Gasteiger partial charge in [0.05, 0.1) is 6.61 Å². The lowest BCUT2D eigenvalue weighted by Crippen LogP contribution is -2.35. The van der Waals surface area contributed by atoms with E-state index in [4.69, 9.17) is 15.2 Å². The van der Waals surface area contributed by atoms with Crippen LogP contribution in [0.4, 0.5) is 0 Å². The largest absolute Gasteiger partial charge is 0.490 e. The first-order chi connectivity index (χ1) is 9.35. The molecule has 2 unspecified atom stereocenters. The highest BCUT2D eigenvalue weighted by atomic mass is 16.5. The molecule has 1 aliphatic rings. The minimum absolute atomic E-state index is 0.241. The van der Waals surface area contributed by atoms with Crippen LogP contribution in [0, 0.1) is 5.92 Å². The molecule has 0 aliphatic heterocycles. The maximum atomic E-state index is 6.18. The Morgan fingerprint density at radius 2 is 1.89 bits per heavy atom. The third kappa shape index (κ3) is 3.87. The summed E-state index contributed by atoms with van der Waals surface area (Å²) < 4.78 is 11.9. The molecule has 1 aromatic rings. The van der Waals surface area contributed by atoms with Gasteiger partial charge in [0.15, 0.2) is 11.5 Å². The molecule has 0 heterocycles. The summed E-state index contributed by atoms with van der Waals surface area (Å²) in [5, 5.41) is 0. The molecule has 0 spiro atoms. The highest BCUT2D eigenvalue weighted by Crippen LogP contribution is 2.33. The van der Waals surface area contributed by atoms with Crippen LogP contribution in [0.3, 0.4) is 0 Å². The monoisotopic (exact) mass is 263 g/mol. The summed E-state index contributed by atoms with van der Waals surface area (Å²) in [6.45, 7) is 3.54. The lowest BCUT2D eigenvalue weighted by atomic mass is 9.86. The van der Waals surface area contributed by atoms with Gasteiger partial charge >= 0.3 is 0 Å². The molecule has 2 N–H and O–H groups in total. The number of rotatable bonds is 6. The molecule has 2 rings (SSSR count). The van der Waals surface area contributed by atoms with Gasteiger partial charge in [0.25, 0.3) is 0 Å². The zero-order valence-electron chi connectivity index (χ0n) is 11.8. The van der Waals surface area contributed by atoms with Gasteiger partial charge in [-0.1, -0.05) is 25.5 Å². The van der Waals surface area contributed by atoms with Gasteiger partial charge in [0.1, 0.15) is 6.10 Å². The van der Waals surface area contributed by atoms with Crippen molar-refractivity contribution < 1.29 is 9.47 Å². The van der Waals surface area contributed by atoms with Crippen molar-refractivity contribution in [1.82, 2.24) is 0 Å². The van der Waals surface area contributed by atoms with Gasteiger partial charge in [-0.15, -0.1) is 0 Å². The quantitative estimate of drug-likeness (QED) is 0.855. The van der Waals surface area contributed by atoms with E-state index in [2.05, 4.69) is 6.92 Å². The molecular formula is C16H25NO2. The van der Waals surface area contributed by atoms with Crippen molar-refractivity contribution in [3.05, 3.63) is 24.3 Å². The summed E-state index contributed by atoms with van der Waals surface area (Å²) in [4.78, 5) is 0. The van der Waals surface area contributed by atoms with Crippen LogP contribution < -0.4 is 15.2 Å². The predicted octanol–water partition coefficient (Wildman–Crippen LogP) is 3.37. The van der Waals surface area contributed by atoms with E-state index < -0.39 is 0 Å². The Balaban J connectivity index is 2.04. The zero-order chi connectivity index (χ0) is 13.5. The van der Waals surface area contributed by atoms with E-state index in [1.165, 1.54) is 19.3 Å². The maximum Gasteiger partial charge on any atom is 0.161 e. The van der Waals surface area contributed by atoms with Crippen LogP contribution >= 0.6 is 0 Å². The third-order valence-electron chi connectivity index (χ3n) is 3.73. The third-order valence-corrected chi connectivity index (χ3v) is 3.73. The van der Waals surface area contributed by atoms with Crippen molar-refractivity contribution in [2.24, 2.45) is 11.7 Å². The fourth-order valence-corrected chi connectivity index (χ4v) is 2.64. The van der Waals surface area contributed by atoms with Crippen LogP contribution in [-0.4, -0.2) is 19.3 Å². The van der Waals surface area contributed by atoms with Crippen LogP contribution in [0.5, 0.6) is 11.5 Å². The molecule has 1 aliphatic carbocycles. The number of ether oxygens (including phenoxy) is 2. The van der Waals surface area contributed by atoms with E-state index in [-0.39, 0.29) is 6.10 Å². The molecule has 106 valence electrons. The molecule has 0 radical (unpaired) electrons. The van der Waals surface area contributed by atoms with Crippen LogP contribution in [0.25, 0.3) is 0 Å². The highest BCUT2D eigenvalue weighted by molar-refractivity contribution is 5.39. The zero-order valence-corrected chi connectivity index (χ0v) is 11.8. The fraction of sp³-hybridized carbons (Fsp3) is 0.625. The second kappa shape index (κ2) is 7.39. The van der Waals surface area contributed by atoms with Crippen molar-refractivity contribution in [2.75, 3.05) is 13.2 Å². The van der Waals surface area contributed by atoms with E-state index in [1.54, 1.807) is 0 Å². The Kier molecular flexibility index (Phi) is 5.52. The Morgan fingerprint density at radius 3 is 2.63 bits per heavy atom. The summed E-state index contributed by atoms with van der Waals surface area (Å²) in [5.41, 5.74) is 5.85. The number of nitrogens with two attached hydrogens (primary N) is 1. The molecule has 0 bridgehead atoms. The Hall–Kier alpha value is -1.22. The molecule has 1 saturated carbocycles. The molecule has 1 aromatic carbocycles. The molecule has 3 nitrogen and oxygen atoms in total. The van der Waals surface area contributed by atoms with Crippen LogP contribution in [0.15, 0.2) is 24.3 Å². The number of para-hydroxylation sites is 2. The minimum Gasteiger partial charge on any atom is -0.490 e. The first-order valence-electron chi connectivity index (χ1n) is 7.43. The standard InChI is InChI=1S/C16H25NO2/c1-2-11-18-15-9-5-6-10-16(15)19-14-8-4-3-7-13(14)12-17/h5-6,9-10,13-14H,2-4,7-8,11-12,17H2,1H3. The van der Waals surface area contributed by atoms with Crippen molar-refractivity contribution in [2.45, 2.75) is 45.1 Å². The molecule has 3 heteroatoms. The van der Waals surface area contributed by atoms with Gasteiger partial charge in [-0.3, -0.25) is 0 Å². The Labute approximate surface area is 116 Å². The van der Waals surface area contributed by atoms with Gasteiger partial charge < -0.3 is 15.2 Å². The normalized spacial score (nSPS) is 23.1. The average molecular weight is 263 g/mol. The molecular weight excluding hydrogens is 238 g/mol. The van der Waals surface area contributed by atoms with Crippen LogP contribution in [-0.2, 0) is 0 Å². The molecule has 19 heavy (non-hydrogen) atoms. The highest BCUT2D eigenvalue weighted by Gasteiger charge is 2.26. The lowest BCUT2D eigenvalue weighted by molar-refractivity contribution is 0.0926. The van der Waals surface area contributed by atoms with Crippen molar-refractivity contribution >= 4 is 0 Å². The van der Waals surface area contributed by atoms with Gasteiger partial charge in [-0.2, -0.15) is 0 Å². The molecule has 2 atom stereocenters. The van der Waals surface area contributed by atoms with Crippen LogP contribution in [0.1, 0.15) is 39.0 Å². The Morgan fingerprint density at radius 1 is 1.16 bits per heavy atom.